The van der Waals surface area contributed by atoms with Crippen molar-refractivity contribution in [2.75, 3.05) is 48.9 Å². The zero-order valence-corrected chi connectivity index (χ0v) is 21.7. The Bertz CT molecular complexity index is 1510. The molecule has 11 nitrogen and oxygen atoms in total. The molecule has 0 atom stereocenters. The van der Waals surface area contributed by atoms with Gasteiger partial charge in [-0.25, -0.2) is 8.42 Å². The first kappa shape index (κ1) is 24.8. The molecule has 1 fully saturated rings. The molecule has 194 valence electrons. The third kappa shape index (κ3) is 5.02. The van der Waals surface area contributed by atoms with Gasteiger partial charge in [-0.15, -0.1) is 0 Å². The molecule has 1 aliphatic rings. The molecule has 0 radical (unpaired) electrons. The van der Waals surface area contributed by atoms with Crippen LogP contribution in [-0.2, 0) is 14.6 Å². The number of aromatic amines is 1. The molecule has 0 bridgehead atoms. The molecule has 3 N–H and O–H groups in total. The Morgan fingerprint density at radius 3 is 2.59 bits per heavy atom. The minimum absolute atomic E-state index is 0.204. The minimum atomic E-state index is -3.52. The number of fused-ring (bicyclic) bond motifs is 1. The number of rotatable bonds is 8. The summed E-state index contributed by atoms with van der Waals surface area (Å²) in [5, 5.41) is 13.4. The maximum Gasteiger partial charge on any atom is 0.231 e. The van der Waals surface area contributed by atoms with E-state index < -0.39 is 15.1 Å². The number of hydrogen-bond acceptors (Lipinski definition) is 10. The van der Waals surface area contributed by atoms with E-state index in [-0.39, 0.29) is 4.90 Å². The summed E-state index contributed by atoms with van der Waals surface area (Å²) < 4.78 is 37.0. The molecule has 1 saturated heterocycles. The molecule has 12 heteroatoms. The summed E-state index contributed by atoms with van der Waals surface area (Å²) in [4.78, 5) is 11.6. The summed E-state index contributed by atoms with van der Waals surface area (Å²) in [7, 11) is -1.91. The first-order valence-corrected chi connectivity index (χ1v) is 13.5. The number of morpholine rings is 1. The lowest BCUT2D eigenvalue weighted by Crippen LogP contribution is -2.36. The van der Waals surface area contributed by atoms with E-state index in [9.17, 15) is 8.42 Å². The summed E-state index contributed by atoms with van der Waals surface area (Å²) in [6.07, 6.45) is 1.60. The fourth-order valence-electron chi connectivity index (χ4n) is 4.11. The fourth-order valence-corrected chi connectivity index (χ4v) is 5.31. The first-order chi connectivity index (χ1) is 17.9. The van der Waals surface area contributed by atoms with Gasteiger partial charge in [-0.2, -0.15) is 15.1 Å². The number of hydrogen-bond donors (Lipinski definition) is 3. The highest BCUT2D eigenvalue weighted by atomic mass is 32.2. The number of methoxy groups -OCH3 is 1. The number of sulfone groups is 1. The third-order valence-corrected chi connectivity index (χ3v) is 8.40. The molecule has 3 heterocycles. The maximum absolute atomic E-state index is 12.9. The van der Waals surface area contributed by atoms with Gasteiger partial charge < -0.3 is 25.0 Å². The maximum atomic E-state index is 12.9. The molecule has 2 aromatic heterocycles. The van der Waals surface area contributed by atoms with Gasteiger partial charge in [0.05, 0.1) is 53.4 Å². The lowest BCUT2D eigenvalue weighted by atomic mass is 10.2. The average Bonchev–Trinajstić information content (AvgIpc) is 3.39. The SMILES string of the molecule is COc1cc(N2CCOCC2)ccc1Nc1nc(Nc2ccccc2S(=O)(=O)C(C)C)c2cn[nH]c2n1. The van der Waals surface area contributed by atoms with Gasteiger partial charge >= 0.3 is 0 Å². The second kappa shape index (κ2) is 10.2. The molecular formula is C25H29N7O4S. The van der Waals surface area contributed by atoms with Crippen LogP contribution in [0, 0.1) is 0 Å². The zero-order valence-electron chi connectivity index (χ0n) is 20.9. The number of aromatic nitrogens is 4. The predicted molar refractivity (Wildman–Crippen MR) is 143 cm³/mol. The third-order valence-electron chi connectivity index (χ3n) is 6.18. The van der Waals surface area contributed by atoms with Crippen LogP contribution in [0.25, 0.3) is 11.0 Å². The smallest absolute Gasteiger partial charge is 0.231 e. The van der Waals surface area contributed by atoms with Gasteiger partial charge in [0.2, 0.25) is 5.95 Å². The molecule has 1 aliphatic heterocycles. The van der Waals surface area contributed by atoms with E-state index in [0.29, 0.717) is 53.1 Å². The van der Waals surface area contributed by atoms with Gasteiger partial charge in [0.25, 0.3) is 0 Å². The zero-order chi connectivity index (χ0) is 26.0. The van der Waals surface area contributed by atoms with Crippen molar-refractivity contribution in [3.63, 3.8) is 0 Å². The summed E-state index contributed by atoms with van der Waals surface area (Å²) in [5.74, 6) is 1.35. The normalized spacial score (nSPS) is 14.2. The molecule has 4 aromatic rings. The summed E-state index contributed by atoms with van der Waals surface area (Å²) >= 11 is 0. The second-order valence-corrected chi connectivity index (χ2v) is 11.3. The molecular weight excluding hydrogens is 494 g/mol. The fraction of sp³-hybridized carbons (Fsp3) is 0.320. The van der Waals surface area contributed by atoms with Crippen LogP contribution >= 0.6 is 0 Å². The van der Waals surface area contributed by atoms with E-state index >= 15 is 0 Å². The van der Waals surface area contributed by atoms with Gasteiger partial charge in [-0.1, -0.05) is 12.1 Å². The Labute approximate surface area is 215 Å². The van der Waals surface area contributed by atoms with Crippen LogP contribution in [0.1, 0.15) is 13.8 Å². The van der Waals surface area contributed by atoms with E-state index in [1.165, 1.54) is 0 Å². The summed E-state index contributed by atoms with van der Waals surface area (Å²) in [5.41, 5.74) is 2.65. The van der Waals surface area contributed by atoms with Crippen molar-refractivity contribution >= 4 is 49.7 Å². The number of para-hydroxylation sites is 1. The average molecular weight is 524 g/mol. The highest BCUT2D eigenvalue weighted by Crippen LogP contribution is 2.34. The molecule has 0 amide bonds. The quantitative estimate of drug-likeness (QED) is 0.312. The molecule has 5 rings (SSSR count). The topological polar surface area (TPSA) is 134 Å². The van der Waals surface area contributed by atoms with E-state index in [0.717, 1.165) is 18.8 Å². The highest BCUT2D eigenvalue weighted by Gasteiger charge is 2.23. The van der Waals surface area contributed by atoms with Crippen molar-refractivity contribution in [1.29, 1.82) is 0 Å². The van der Waals surface area contributed by atoms with Crippen molar-refractivity contribution < 1.29 is 17.9 Å². The second-order valence-electron chi connectivity index (χ2n) is 8.85. The van der Waals surface area contributed by atoms with E-state index in [1.807, 2.05) is 18.2 Å². The number of benzene rings is 2. The minimum Gasteiger partial charge on any atom is -0.494 e. The van der Waals surface area contributed by atoms with Crippen LogP contribution in [0.4, 0.5) is 28.8 Å². The Kier molecular flexibility index (Phi) is 6.85. The predicted octanol–water partition coefficient (Wildman–Crippen LogP) is 3.87. The van der Waals surface area contributed by atoms with Crippen molar-refractivity contribution in [3.8, 4) is 5.75 Å². The van der Waals surface area contributed by atoms with Crippen molar-refractivity contribution in [3.05, 3.63) is 48.7 Å². The van der Waals surface area contributed by atoms with E-state index in [2.05, 4.69) is 35.7 Å². The van der Waals surface area contributed by atoms with Gasteiger partial charge in [-0.05, 0) is 38.1 Å². The summed E-state index contributed by atoms with van der Waals surface area (Å²) in [6.45, 7) is 6.34. The van der Waals surface area contributed by atoms with E-state index in [1.54, 1.807) is 51.4 Å². The standard InChI is InChI=1S/C25H29N7O4S/c1-16(2)37(33,34)22-7-5-4-6-20(22)27-23-18-15-26-31-24(18)30-25(29-23)28-19-9-8-17(14-21(19)35-3)32-10-12-36-13-11-32/h4-9,14-16H,10-13H2,1-3H3,(H3,26,27,28,29,30,31). The largest absolute Gasteiger partial charge is 0.494 e. The van der Waals surface area contributed by atoms with Crippen LogP contribution in [0.5, 0.6) is 5.75 Å². The molecule has 0 saturated carbocycles. The van der Waals surface area contributed by atoms with Gasteiger partial charge in [0.15, 0.2) is 15.5 Å². The number of nitrogens with zero attached hydrogens (tertiary/aromatic N) is 4. The number of H-pyrrole nitrogens is 1. The van der Waals surface area contributed by atoms with Gasteiger partial charge in [-0.3, -0.25) is 5.10 Å². The highest BCUT2D eigenvalue weighted by molar-refractivity contribution is 7.92. The number of nitrogens with one attached hydrogen (secondary N) is 3. The Balaban J connectivity index is 1.48. The molecule has 0 spiro atoms. The first-order valence-electron chi connectivity index (χ1n) is 12.0. The lowest BCUT2D eigenvalue weighted by molar-refractivity contribution is 0.122. The van der Waals surface area contributed by atoms with Crippen LogP contribution in [-0.4, -0.2) is 67.2 Å². The number of ether oxygens (including phenoxy) is 2. The monoisotopic (exact) mass is 523 g/mol. The van der Waals surface area contributed by atoms with Gasteiger partial charge in [0.1, 0.15) is 11.6 Å². The van der Waals surface area contributed by atoms with Crippen molar-refractivity contribution in [1.82, 2.24) is 20.2 Å². The van der Waals surface area contributed by atoms with Crippen LogP contribution in [0.3, 0.4) is 0 Å². The Morgan fingerprint density at radius 1 is 1.05 bits per heavy atom. The van der Waals surface area contributed by atoms with Crippen molar-refractivity contribution in [2.45, 2.75) is 24.0 Å². The number of anilines is 5. The Morgan fingerprint density at radius 2 is 1.84 bits per heavy atom. The van der Waals surface area contributed by atoms with E-state index in [4.69, 9.17) is 9.47 Å². The van der Waals surface area contributed by atoms with Crippen LogP contribution < -0.4 is 20.3 Å². The Hall–Kier alpha value is -3.90. The van der Waals surface area contributed by atoms with Crippen LogP contribution in [0.2, 0.25) is 0 Å². The molecule has 37 heavy (non-hydrogen) atoms. The molecule has 0 unspecified atom stereocenters. The summed E-state index contributed by atoms with van der Waals surface area (Å²) in [6, 6.07) is 12.7. The molecule has 2 aromatic carbocycles. The van der Waals surface area contributed by atoms with Crippen molar-refractivity contribution in [2.24, 2.45) is 0 Å². The van der Waals surface area contributed by atoms with Gasteiger partial charge in [0, 0.05) is 24.8 Å². The van der Waals surface area contributed by atoms with Crippen LogP contribution in [0.15, 0.2) is 53.6 Å². The molecule has 0 aliphatic carbocycles. The lowest BCUT2D eigenvalue weighted by Gasteiger charge is -2.29.